The normalized spacial score (nSPS) is 16.0. The van der Waals surface area contributed by atoms with Crippen LogP contribution in [0.4, 0.5) is 10.5 Å². The van der Waals surface area contributed by atoms with Crippen LogP contribution in [0.3, 0.4) is 0 Å². The first-order valence-corrected chi connectivity index (χ1v) is 9.92. The minimum atomic E-state index is -1.14. The SMILES string of the molecule is CCOc1cc(/C=C2\C(=O)NC(=O)N(c3ccc(Cl)cc3)C2=O)ccc1OC(C)C(=O)O. The van der Waals surface area contributed by atoms with Gasteiger partial charge in [-0.05, 0) is 61.9 Å². The highest BCUT2D eigenvalue weighted by molar-refractivity contribution is 6.39. The number of carbonyl (C=O) groups is 4. The molecule has 166 valence electrons. The highest BCUT2D eigenvalue weighted by atomic mass is 35.5. The lowest BCUT2D eigenvalue weighted by molar-refractivity contribution is -0.144. The number of rotatable bonds is 7. The molecule has 0 aliphatic carbocycles. The van der Waals surface area contributed by atoms with Crippen LogP contribution in [0, 0.1) is 0 Å². The predicted octanol–water partition coefficient (Wildman–Crippen LogP) is 3.26. The van der Waals surface area contributed by atoms with E-state index >= 15 is 0 Å². The maximum absolute atomic E-state index is 13.0. The quantitative estimate of drug-likeness (QED) is 0.482. The third kappa shape index (κ3) is 4.89. The third-order valence-corrected chi connectivity index (χ3v) is 4.67. The number of imide groups is 2. The molecule has 32 heavy (non-hydrogen) atoms. The summed E-state index contributed by atoms with van der Waals surface area (Å²) in [5.74, 6) is -2.36. The van der Waals surface area contributed by atoms with Crippen LogP contribution in [-0.4, -0.2) is 41.6 Å². The van der Waals surface area contributed by atoms with Crippen LogP contribution in [0.1, 0.15) is 19.4 Å². The fourth-order valence-corrected chi connectivity index (χ4v) is 3.00. The number of anilines is 1. The van der Waals surface area contributed by atoms with Crippen molar-refractivity contribution < 1.29 is 33.8 Å². The molecule has 1 atom stereocenters. The van der Waals surface area contributed by atoms with Crippen LogP contribution in [0.25, 0.3) is 6.08 Å². The van der Waals surface area contributed by atoms with E-state index in [0.29, 0.717) is 10.6 Å². The second-order valence-corrected chi connectivity index (χ2v) is 7.11. The lowest BCUT2D eigenvalue weighted by atomic mass is 10.1. The van der Waals surface area contributed by atoms with Crippen molar-refractivity contribution in [2.75, 3.05) is 11.5 Å². The van der Waals surface area contributed by atoms with E-state index in [1.807, 2.05) is 0 Å². The van der Waals surface area contributed by atoms with Gasteiger partial charge in [-0.25, -0.2) is 14.5 Å². The molecule has 0 saturated carbocycles. The zero-order valence-corrected chi connectivity index (χ0v) is 17.9. The maximum atomic E-state index is 13.0. The second kappa shape index (κ2) is 9.52. The van der Waals surface area contributed by atoms with E-state index in [0.717, 1.165) is 4.90 Å². The number of urea groups is 1. The van der Waals surface area contributed by atoms with Crippen molar-refractivity contribution in [2.24, 2.45) is 0 Å². The van der Waals surface area contributed by atoms with Crippen molar-refractivity contribution in [3.63, 3.8) is 0 Å². The van der Waals surface area contributed by atoms with Crippen molar-refractivity contribution in [1.29, 1.82) is 0 Å². The summed E-state index contributed by atoms with van der Waals surface area (Å²) >= 11 is 5.86. The van der Waals surface area contributed by atoms with Gasteiger partial charge in [0.2, 0.25) is 0 Å². The highest BCUT2D eigenvalue weighted by Crippen LogP contribution is 2.31. The molecule has 0 aromatic heterocycles. The minimum absolute atomic E-state index is 0.196. The average molecular weight is 459 g/mol. The Labute approximate surface area is 188 Å². The van der Waals surface area contributed by atoms with Crippen LogP contribution in [0.2, 0.25) is 5.02 Å². The first-order valence-electron chi connectivity index (χ1n) is 9.54. The summed E-state index contributed by atoms with van der Waals surface area (Å²) in [4.78, 5) is 49.5. The molecule has 2 aromatic carbocycles. The van der Waals surface area contributed by atoms with E-state index < -0.39 is 29.9 Å². The third-order valence-electron chi connectivity index (χ3n) is 4.42. The van der Waals surface area contributed by atoms with E-state index in [2.05, 4.69) is 5.32 Å². The summed E-state index contributed by atoms with van der Waals surface area (Å²) in [7, 11) is 0. The predicted molar refractivity (Wildman–Crippen MR) is 116 cm³/mol. The van der Waals surface area contributed by atoms with Gasteiger partial charge in [-0.1, -0.05) is 17.7 Å². The van der Waals surface area contributed by atoms with Gasteiger partial charge in [0.1, 0.15) is 5.57 Å². The Kier molecular flexibility index (Phi) is 6.79. The molecule has 10 heteroatoms. The van der Waals surface area contributed by atoms with Crippen LogP contribution in [-0.2, 0) is 14.4 Å². The molecule has 1 saturated heterocycles. The molecular weight excluding hydrogens is 440 g/mol. The number of ether oxygens (including phenoxy) is 2. The largest absolute Gasteiger partial charge is 0.490 e. The molecule has 4 amide bonds. The van der Waals surface area contributed by atoms with E-state index in [4.69, 9.17) is 26.2 Å². The average Bonchev–Trinajstić information content (AvgIpc) is 2.74. The summed E-state index contributed by atoms with van der Waals surface area (Å²) in [6, 6.07) is 9.63. The van der Waals surface area contributed by atoms with E-state index in [9.17, 15) is 19.2 Å². The zero-order chi connectivity index (χ0) is 23.4. The number of amides is 4. The zero-order valence-electron chi connectivity index (χ0n) is 17.1. The van der Waals surface area contributed by atoms with Gasteiger partial charge in [0.05, 0.1) is 12.3 Å². The number of nitrogens with one attached hydrogen (secondary N) is 1. The standard InChI is InChI=1S/C22H19ClN2O7/c1-3-31-18-11-13(4-9-17(18)32-12(2)21(28)29)10-16-19(26)24-22(30)25(20(16)27)15-7-5-14(23)6-8-15/h4-12H,3H2,1-2H3,(H,28,29)(H,24,26,30)/b16-10+. The van der Waals surface area contributed by atoms with Crippen LogP contribution < -0.4 is 19.7 Å². The molecule has 0 spiro atoms. The van der Waals surface area contributed by atoms with Gasteiger partial charge in [-0.3, -0.25) is 14.9 Å². The van der Waals surface area contributed by atoms with E-state index in [1.165, 1.54) is 55.5 Å². The van der Waals surface area contributed by atoms with Gasteiger partial charge >= 0.3 is 12.0 Å². The number of barbiturate groups is 1. The minimum Gasteiger partial charge on any atom is -0.490 e. The molecule has 9 nitrogen and oxygen atoms in total. The monoisotopic (exact) mass is 458 g/mol. The van der Waals surface area contributed by atoms with Gasteiger partial charge in [0, 0.05) is 5.02 Å². The van der Waals surface area contributed by atoms with Crippen LogP contribution in [0.15, 0.2) is 48.0 Å². The summed E-state index contributed by atoms with van der Waals surface area (Å²) in [5, 5.41) is 11.6. The van der Waals surface area contributed by atoms with Crippen LogP contribution >= 0.6 is 11.6 Å². The van der Waals surface area contributed by atoms with Crippen molar-refractivity contribution in [3.05, 3.63) is 58.6 Å². The fraction of sp³-hybridized carbons (Fsp3) is 0.182. The number of carboxylic acid groups (broad SMARTS) is 1. The Morgan fingerprint density at radius 2 is 1.84 bits per heavy atom. The molecule has 2 N–H and O–H groups in total. The molecule has 3 rings (SSSR count). The Hall–Kier alpha value is -3.85. The first kappa shape index (κ1) is 22.8. The molecule has 1 unspecified atom stereocenters. The molecule has 2 aromatic rings. The van der Waals surface area contributed by atoms with Crippen molar-refractivity contribution >= 4 is 47.2 Å². The summed E-state index contributed by atoms with van der Waals surface area (Å²) in [6.07, 6.45) is 0.197. The Morgan fingerprint density at radius 3 is 2.47 bits per heavy atom. The Morgan fingerprint density at radius 1 is 1.16 bits per heavy atom. The first-order chi connectivity index (χ1) is 15.2. The van der Waals surface area contributed by atoms with Crippen molar-refractivity contribution in [2.45, 2.75) is 20.0 Å². The maximum Gasteiger partial charge on any atom is 0.344 e. The molecular formula is C22H19ClN2O7. The summed E-state index contributed by atoms with van der Waals surface area (Å²) in [5.41, 5.74) is 0.388. The summed E-state index contributed by atoms with van der Waals surface area (Å²) < 4.78 is 10.9. The van der Waals surface area contributed by atoms with Crippen LogP contribution in [0.5, 0.6) is 11.5 Å². The van der Waals surface area contributed by atoms with Gasteiger partial charge in [-0.15, -0.1) is 0 Å². The molecule has 0 radical (unpaired) electrons. The van der Waals surface area contributed by atoms with Gasteiger partial charge in [-0.2, -0.15) is 0 Å². The van der Waals surface area contributed by atoms with Gasteiger partial charge in [0.25, 0.3) is 11.8 Å². The number of aliphatic carboxylic acids is 1. The number of carbonyl (C=O) groups excluding carboxylic acids is 3. The number of nitrogens with zero attached hydrogens (tertiary/aromatic N) is 1. The second-order valence-electron chi connectivity index (χ2n) is 6.67. The molecule has 1 heterocycles. The Balaban J connectivity index is 1.96. The molecule has 1 aliphatic heterocycles. The van der Waals surface area contributed by atoms with E-state index in [1.54, 1.807) is 6.92 Å². The number of benzene rings is 2. The molecule has 1 aliphatic rings. The summed E-state index contributed by atoms with van der Waals surface area (Å²) in [6.45, 7) is 3.39. The van der Waals surface area contributed by atoms with E-state index in [-0.39, 0.29) is 29.4 Å². The number of hydrogen-bond acceptors (Lipinski definition) is 6. The lowest BCUT2D eigenvalue weighted by Gasteiger charge is -2.26. The van der Waals surface area contributed by atoms with Gasteiger partial charge in [0.15, 0.2) is 17.6 Å². The number of carboxylic acids is 1. The van der Waals surface area contributed by atoms with Gasteiger partial charge < -0.3 is 14.6 Å². The number of hydrogen-bond donors (Lipinski definition) is 2. The molecule has 1 fully saturated rings. The smallest absolute Gasteiger partial charge is 0.344 e. The van der Waals surface area contributed by atoms with Crippen molar-refractivity contribution in [1.82, 2.24) is 5.32 Å². The number of halogens is 1. The highest BCUT2D eigenvalue weighted by Gasteiger charge is 2.36. The fourth-order valence-electron chi connectivity index (χ4n) is 2.87. The van der Waals surface area contributed by atoms with Crippen molar-refractivity contribution in [3.8, 4) is 11.5 Å². The molecule has 0 bridgehead atoms. The lowest BCUT2D eigenvalue weighted by Crippen LogP contribution is -2.54. The Bertz CT molecular complexity index is 1110. The topological polar surface area (TPSA) is 122 Å².